The highest BCUT2D eigenvalue weighted by atomic mass is 16.5. The van der Waals surface area contributed by atoms with Crippen LogP contribution in [-0.4, -0.2) is 37.4 Å². The summed E-state index contributed by atoms with van der Waals surface area (Å²) in [6.45, 7) is 5.70. The number of aliphatic hydroxyl groups is 1. The fourth-order valence-corrected chi connectivity index (χ4v) is 1.01. The van der Waals surface area contributed by atoms with Crippen LogP contribution in [0.25, 0.3) is 0 Å². The van der Waals surface area contributed by atoms with Crippen LogP contribution in [0.15, 0.2) is 0 Å². The van der Waals surface area contributed by atoms with Crippen LogP contribution in [0, 0.1) is 5.92 Å². The summed E-state index contributed by atoms with van der Waals surface area (Å²) in [7, 11) is 0. The molecule has 0 saturated carbocycles. The minimum absolute atomic E-state index is 0.0553. The highest BCUT2D eigenvalue weighted by Crippen LogP contribution is 1.97. The van der Waals surface area contributed by atoms with Crippen LogP contribution in [0.4, 0.5) is 0 Å². The summed E-state index contributed by atoms with van der Waals surface area (Å²) in [4.78, 5) is 11.2. The Morgan fingerprint density at radius 1 is 1.43 bits per heavy atom. The SMILES string of the molecule is CC(C)CC(=O)NCCCOCCO. The number of carbonyl (C=O) groups is 1. The Bertz CT molecular complexity index is 148. The summed E-state index contributed by atoms with van der Waals surface area (Å²) in [6, 6.07) is 0. The van der Waals surface area contributed by atoms with Crippen LogP contribution >= 0.6 is 0 Å². The molecule has 0 aromatic heterocycles. The predicted octanol–water partition coefficient (Wildman–Crippen LogP) is 0.548. The van der Waals surface area contributed by atoms with Crippen molar-refractivity contribution in [2.45, 2.75) is 26.7 Å². The number of aliphatic hydroxyl groups excluding tert-OH is 1. The van der Waals surface area contributed by atoms with E-state index in [2.05, 4.69) is 5.32 Å². The van der Waals surface area contributed by atoms with Crippen LogP contribution in [0.1, 0.15) is 26.7 Å². The van der Waals surface area contributed by atoms with E-state index in [0.717, 1.165) is 6.42 Å². The summed E-state index contributed by atoms with van der Waals surface area (Å²) < 4.78 is 5.04. The van der Waals surface area contributed by atoms with Crippen molar-refractivity contribution in [1.29, 1.82) is 0 Å². The van der Waals surface area contributed by atoms with Crippen molar-refractivity contribution in [3.63, 3.8) is 0 Å². The first-order chi connectivity index (χ1) is 6.66. The van der Waals surface area contributed by atoms with Gasteiger partial charge in [-0.2, -0.15) is 0 Å². The molecule has 0 aliphatic carbocycles. The van der Waals surface area contributed by atoms with E-state index in [1.54, 1.807) is 0 Å². The maximum Gasteiger partial charge on any atom is 0.220 e. The normalized spacial score (nSPS) is 10.6. The average molecular weight is 203 g/mol. The Morgan fingerprint density at radius 2 is 2.14 bits per heavy atom. The van der Waals surface area contributed by atoms with Crippen LogP contribution in [-0.2, 0) is 9.53 Å². The van der Waals surface area contributed by atoms with Gasteiger partial charge in [-0.15, -0.1) is 0 Å². The molecule has 0 aliphatic heterocycles. The molecule has 0 spiro atoms. The minimum Gasteiger partial charge on any atom is -0.394 e. The summed E-state index contributed by atoms with van der Waals surface area (Å²) in [5.41, 5.74) is 0. The second-order valence-corrected chi connectivity index (χ2v) is 3.64. The second-order valence-electron chi connectivity index (χ2n) is 3.64. The molecule has 2 N–H and O–H groups in total. The molecule has 0 heterocycles. The van der Waals surface area contributed by atoms with Gasteiger partial charge in [0.05, 0.1) is 13.2 Å². The van der Waals surface area contributed by atoms with E-state index >= 15 is 0 Å². The monoisotopic (exact) mass is 203 g/mol. The Morgan fingerprint density at radius 3 is 2.71 bits per heavy atom. The molecule has 0 rings (SSSR count). The third kappa shape index (κ3) is 9.48. The number of nitrogens with one attached hydrogen (secondary N) is 1. The second kappa shape index (κ2) is 8.97. The molecule has 0 aromatic rings. The summed E-state index contributed by atoms with van der Waals surface area (Å²) in [5, 5.41) is 11.2. The zero-order valence-electron chi connectivity index (χ0n) is 9.08. The minimum atomic E-state index is 0.0553. The molecular weight excluding hydrogens is 182 g/mol. The Labute approximate surface area is 85.6 Å². The van der Waals surface area contributed by atoms with Gasteiger partial charge in [0.15, 0.2) is 0 Å². The first-order valence-electron chi connectivity index (χ1n) is 5.12. The third-order valence-electron chi connectivity index (χ3n) is 1.62. The fraction of sp³-hybridized carbons (Fsp3) is 0.900. The summed E-state index contributed by atoms with van der Waals surface area (Å²) in [6.07, 6.45) is 1.38. The van der Waals surface area contributed by atoms with E-state index in [9.17, 15) is 4.79 Å². The Balaban J connectivity index is 3.15. The van der Waals surface area contributed by atoms with Gasteiger partial charge >= 0.3 is 0 Å². The van der Waals surface area contributed by atoms with Gasteiger partial charge in [-0.1, -0.05) is 13.8 Å². The molecule has 0 fully saturated rings. The van der Waals surface area contributed by atoms with Crippen LogP contribution in [0.5, 0.6) is 0 Å². The zero-order chi connectivity index (χ0) is 10.8. The number of rotatable bonds is 8. The molecule has 4 heteroatoms. The number of ether oxygens (including phenoxy) is 1. The van der Waals surface area contributed by atoms with Crippen molar-refractivity contribution in [3.8, 4) is 0 Å². The van der Waals surface area contributed by atoms with Crippen molar-refractivity contribution < 1.29 is 14.6 Å². The lowest BCUT2D eigenvalue weighted by Gasteiger charge is -2.06. The van der Waals surface area contributed by atoms with Gasteiger partial charge in [-0.25, -0.2) is 0 Å². The molecule has 0 bridgehead atoms. The van der Waals surface area contributed by atoms with Crippen LogP contribution < -0.4 is 5.32 Å². The van der Waals surface area contributed by atoms with Gasteiger partial charge in [0, 0.05) is 19.6 Å². The first kappa shape index (κ1) is 13.4. The quantitative estimate of drug-likeness (QED) is 0.566. The number of amides is 1. The lowest BCUT2D eigenvalue weighted by Crippen LogP contribution is -2.26. The van der Waals surface area contributed by atoms with E-state index in [1.165, 1.54) is 0 Å². The number of carbonyl (C=O) groups excluding carboxylic acids is 1. The molecule has 0 unspecified atom stereocenters. The molecule has 0 saturated heterocycles. The van der Waals surface area contributed by atoms with Crippen molar-refractivity contribution >= 4 is 5.91 Å². The molecule has 4 nitrogen and oxygen atoms in total. The van der Waals surface area contributed by atoms with Crippen molar-refractivity contribution in [1.82, 2.24) is 5.32 Å². The Kier molecular flexibility index (Phi) is 8.57. The van der Waals surface area contributed by atoms with E-state index in [1.807, 2.05) is 13.8 Å². The number of hydrogen-bond donors (Lipinski definition) is 2. The molecular formula is C10H21NO3. The van der Waals surface area contributed by atoms with Crippen molar-refractivity contribution in [3.05, 3.63) is 0 Å². The summed E-state index contributed by atoms with van der Waals surface area (Å²) in [5.74, 6) is 0.503. The van der Waals surface area contributed by atoms with Crippen molar-refractivity contribution in [2.24, 2.45) is 5.92 Å². The molecule has 0 aromatic carbocycles. The van der Waals surface area contributed by atoms with Gasteiger partial charge < -0.3 is 15.2 Å². The largest absolute Gasteiger partial charge is 0.394 e. The number of hydrogen-bond acceptors (Lipinski definition) is 3. The lowest BCUT2D eigenvalue weighted by molar-refractivity contribution is -0.121. The first-order valence-corrected chi connectivity index (χ1v) is 5.12. The summed E-state index contributed by atoms with van der Waals surface area (Å²) >= 11 is 0. The highest BCUT2D eigenvalue weighted by molar-refractivity contribution is 5.75. The maximum atomic E-state index is 11.2. The topological polar surface area (TPSA) is 58.6 Å². The van der Waals surface area contributed by atoms with E-state index < -0.39 is 0 Å². The smallest absolute Gasteiger partial charge is 0.220 e. The predicted molar refractivity (Wildman–Crippen MR) is 55.0 cm³/mol. The van der Waals surface area contributed by atoms with Gasteiger partial charge in [-0.3, -0.25) is 4.79 Å². The van der Waals surface area contributed by atoms with Gasteiger partial charge in [-0.05, 0) is 12.3 Å². The van der Waals surface area contributed by atoms with E-state index in [-0.39, 0.29) is 12.5 Å². The molecule has 1 amide bonds. The van der Waals surface area contributed by atoms with Gasteiger partial charge in [0.2, 0.25) is 5.91 Å². The average Bonchev–Trinajstić information content (AvgIpc) is 2.10. The van der Waals surface area contributed by atoms with Crippen LogP contribution in [0.3, 0.4) is 0 Å². The standard InChI is InChI=1S/C10H21NO3/c1-9(2)8-10(13)11-4-3-6-14-7-5-12/h9,12H,3-8H2,1-2H3,(H,11,13). The maximum absolute atomic E-state index is 11.2. The lowest BCUT2D eigenvalue weighted by atomic mass is 10.1. The Hall–Kier alpha value is -0.610. The molecule has 0 aliphatic rings. The van der Waals surface area contributed by atoms with Crippen LogP contribution in [0.2, 0.25) is 0 Å². The highest BCUT2D eigenvalue weighted by Gasteiger charge is 2.02. The zero-order valence-corrected chi connectivity index (χ0v) is 9.08. The van der Waals surface area contributed by atoms with Gasteiger partial charge in [0.1, 0.15) is 0 Å². The van der Waals surface area contributed by atoms with Crippen molar-refractivity contribution in [2.75, 3.05) is 26.4 Å². The molecule has 84 valence electrons. The molecule has 14 heavy (non-hydrogen) atoms. The third-order valence-corrected chi connectivity index (χ3v) is 1.62. The molecule has 0 atom stereocenters. The fourth-order valence-electron chi connectivity index (χ4n) is 1.01. The molecule has 0 radical (unpaired) electrons. The van der Waals surface area contributed by atoms with E-state index in [4.69, 9.17) is 9.84 Å². The van der Waals surface area contributed by atoms with E-state index in [0.29, 0.717) is 32.1 Å². The van der Waals surface area contributed by atoms with Gasteiger partial charge in [0.25, 0.3) is 0 Å².